The molecule has 0 heterocycles. The maximum absolute atomic E-state index is 3.53. The van der Waals surface area contributed by atoms with Gasteiger partial charge in [0.2, 0.25) is 0 Å². The highest BCUT2D eigenvalue weighted by Crippen LogP contribution is 2.20. The number of para-hydroxylation sites is 1. The molecule has 0 atom stereocenters. The molecular weight excluding hydrogens is 264 g/mol. The molecule has 0 unspecified atom stereocenters. The third kappa shape index (κ3) is 4.99. The number of nitrogens with one attached hydrogen (secondary N) is 1. The first-order valence-electron chi connectivity index (χ1n) is 5.76. The third-order valence-corrected chi connectivity index (χ3v) is 3.05. The summed E-state index contributed by atoms with van der Waals surface area (Å²) in [5.41, 5.74) is 1.17. The molecule has 0 aliphatic rings. The van der Waals surface area contributed by atoms with Crippen LogP contribution in [0, 0.1) is 5.92 Å². The molecule has 0 spiro atoms. The molecule has 0 aliphatic heterocycles. The van der Waals surface area contributed by atoms with Gasteiger partial charge in [-0.15, -0.1) is 0 Å². The Morgan fingerprint density at radius 1 is 1.31 bits per heavy atom. The van der Waals surface area contributed by atoms with E-state index in [0.717, 1.165) is 30.0 Å². The van der Waals surface area contributed by atoms with Crippen LogP contribution in [0.15, 0.2) is 28.7 Å². The molecular formula is C13H21BrN2. The van der Waals surface area contributed by atoms with Gasteiger partial charge in [-0.2, -0.15) is 0 Å². The predicted octanol–water partition coefficient (Wildman–Crippen LogP) is 3.45. The molecule has 3 heteroatoms. The van der Waals surface area contributed by atoms with Crippen molar-refractivity contribution in [2.24, 2.45) is 5.92 Å². The van der Waals surface area contributed by atoms with E-state index in [1.165, 1.54) is 5.69 Å². The van der Waals surface area contributed by atoms with Gasteiger partial charge >= 0.3 is 0 Å². The summed E-state index contributed by atoms with van der Waals surface area (Å²) < 4.78 is 1.13. The zero-order chi connectivity index (χ0) is 12.0. The maximum Gasteiger partial charge on any atom is 0.0485 e. The lowest BCUT2D eigenvalue weighted by Gasteiger charge is -2.19. The van der Waals surface area contributed by atoms with Crippen molar-refractivity contribution in [3.8, 4) is 0 Å². The van der Waals surface area contributed by atoms with E-state index in [1.807, 2.05) is 12.1 Å². The van der Waals surface area contributed by atoms with Gasteiger partial charge in [0.1, 0.15) is 0 Å². The molecule has 90 valence electrons. The maximum atomic E-state index is 3.53. The van der Waals surface area contributed by atoms with E-state index >= 15 is 0 Å². The van der Waals surface area contributed by atoms with Crippen molar-refractivity contribution in [2.75, 3.05) is 32.0 Å². The van der Waals surface area contributed by atoms with Gasteiger partial charge in [0.05, 0.1) is 0 Å². The summed E-state index contributed by atoms with van der Waals surface area (Å²) in [5, 5.41) is 3.43. The number of likely N-dealkylation sites (N-methyl/N-ethyl adjacent to an activating group) is 1. The topological polar surface area (TPSA) is 15.3 Å². The Morgan fingerprint density at radius 3 is 2.62 bits per heavy atom. The fraction of sp³-hybridized carbons (Fsp3) is 0.538. The van der Waals surface area contributed by atoms with Crippen molar-refractivity contribution in [3.63, 3.8) is 0 Å². The molecule has 1 aromatic carbocycles. The van der Waals surface area contributed by atoms with E-state index < -0.39 is 0 Å². The number of hydrogen-bond donors (Lipinski definition) is 1. The summed E-state index contributed by atoms with van der Waals surface area (Å²) >= 11 is 3.53. The molecule has 2 nitrogen and oxygen atoms in total. The largest absolute Gasteiger partial charge is 0.383 e. The van der Waals surface area contributed by atoms with Crippen LogP contribution in [0.2, 0.25) is 0 Å². The number of halogens is 1. The van der Waals surface area contributed by atoms with Crippen LogP contribution in [-0.2, 0) is 0 Å². The second-order valence-electron chi connectivity index (χ2n) is 4.56. The van der Waals surface area contributed by atoms with E-state index in [1.54, 1.807) is 0 Å². The molecule has 0 saturated carbocycles. The van der Waals surface area contributed by atoms with Crippen molar-refractivity contribution >= 4 is 21.6 Å². The molecule has 1 aromatic rings. The normalized spacial score (nSPS) is 11.1. The first-order valence-corrected chi connectivity index (χ1v) is 6.56. The smallest absolute Gasteiger partial charge is 0.0485 e. The minimum atomic E-state index is 0.730. The SMILES string of the molecule is CC(C)CN(C)CCNc1ccccc1Br. The Morgan fingerprint density at radius 2 is 2.00 bits per heavy atom. The lowest BCUT2D eigenvalue weighted by molar-refractivity contribution is 0.306. The van der Waals surface area contributed by atoms with Crippen LogP contribution < -0.4 is 5.32 Å². The van der Waals surface area contributed by atoms with E-state index in [0.29, 0.717) is 0 Å². The first kappa shape index (κ1) is 13.5. The molecule has 1 rings (SSSR count). The molecule has 0 bridgehead atoms. The van der Waals surface area contributed by atoms with Crippen LogP contribution in [0.4, 0.5) is 5.69 Å². The van der Waals surface area contributed by atoms with Gasteiger partial charge in [-0.05, 0) is 41.0 Å². The van der Waals surface area contributed by atoms with Gasteiger partial charge in [0.25, 0.3) is 0 Å². The minimum absolute atomic E-state index is 0.730. The molecule has 16 heavy (non-hydrogen) atoms. The first-order chi connectivity index (χ1) is 7.59. The second-order valence-corrected chi connectivity index (χ2v) is 5.42. The van der Waals surface area contributed by atoms with Crippen molar-refractivity contribution in [3.05, 3.63) is 28.7 Å². The fourth-order valence-electron chi connectivity index (χ4n) is 1.70. The van der Waals surface area contributed by atoms with Crippen LogP contribution in [0.3, 0.4) is 0 Å². The van der Waals surface area contributed by atoms with Crippen molar-refractivity contribution in [2.45, 2.75) is 13.8 Å². The Balaban J connectivity index is 2.28. The second kappa shape index (κ2) is 6.92. The number of anilines is 1. The van der Waals surface area contributed by atoms with Gasteiger partial charge in [-0.3, -0.25) is 0 Å². The molecule has 0 saturated heterocycles. The molecule has 0 fully saturated rings. The van der Waals surface area contributed by atoms with Gasteiger partial charge in [0.15, 0.2) is 0 Å². The van der Waals surface area contributed by atoms with Crippen molar-refractivity contribution in [1.82, 2.24) is 4.90 Å². The third-order valence-electron chi connectivity index (χ3n) is 2.36. The van der Waals surface area contributed by atoms with Crippen LogP contribution in [0.25, 0.3) is 0 Å². The van der Waals surface area contributed by atoms with Gasteiger partial charge in [-0.1, -0.05) is 26.0 Å². The summed E-state index contributed by atoms with van der Waals surface area (Å²) in [7, 11) is 2.17. The summed E-state index contributed by atoms with van der Waals surface area (Å²) in [5.74, 6) is 0.730. The average molecular weight is 285 g/mol. The Labute approximate surface area is 107 Å². The molecule has 0 aromatic heterocycles. The van der Waals surface area contributed by atoms with E-state index in [2.05, 4.69) is 59.2 Å². The van der Waals surface area contributed by atoms with Crippen LogP contribution in [0.5, 0.6) is 0 Å². The highest BCUT2D eigenvalue weighted by Gasteiger charge is 2.01. The molecule has 0 radical (unpaired) electrons. The number of hydrogen-bond acceptors (Lipinski definition) is 2. The standard InChI is InChI=1S/C13H21BrN2/c1-11(2)10-16(3)9-8-15-13-7-5-4-6-12(13)14/h4-7,11,15H,8-10H2,1-3H3. The summed E-state index contributed by atoms with van der Waals surface area (Å²) in [6, 6.07) is 8.22. The van der Waals surface area contributed by atoms with Crippen LogP contribution in [-0.4, -0.2) is 31.6 Å². The zero-order valence-electron chi connectivity index (χ0n) is 10.3. The lowest BCUT2D eigenvalue weighted by Crippen LogP contribution is -2.28. The molecule has 0 aliphatic carbocycles. The lowest BCUT2D eigenvalue weighted by atomic mass is 10.2. The zero-order valence-corrected chi connectivity index (χ0v) is 11.9. The average Bonchev–Trinajstić information content (AvgIpc) is 2.19. The van der Waals surface area contributed by atoms with Gasteiger partial charge < -0.3 is 10.2 Å². The van der Waals surface area contributed by atoms with Gasteiger partial charge in [0, 0.05) is 29.8 Å². The number of benzene rings is 1. The quantitative estimate of drug-likeness (QED) is 0.861. The minimum Gasteiger partial charge on any atom is -0.383 e. The number of rotatable bonds is 6. The van der Waals surface area contributed by atoms with Crippen molar-refractivity contribution in [1.29, 1.82) is 0 Å². The summed E-state index contributed by atoms with van der Waals surface area (Å²) in [4.78, 5) is 2.36. The highest BCUT2D eigenvalue weighted by molar-refractivity contribution is 9.10. The highest BCUT2D eigenvalue weighted by atomic mass is 79.9. The number of nitrogens with zero attached hydrogens (tertiary/aromatic N) is 1. The van der Waals surface area contributed by atoms with E-state index in [9.17, 15) is 0 Å². The Bertz CT molecular complexity index is 313. The summed E-state index contributed by atoms with van der Waals surface area (Å²) in [6.07, 6.45) is 0. The van der Waals surface area contributed by atoms with Gasteiger partial charge in [-0.25, -0.2) is 0 Å². The molecule has 0 amide bonds. The Kier molecular flexibility index (Phi) is 5.85. The van der Waals surface area contributed by atoms with Crippen LogP contribution in [0.1, 0.15) is 13.8 Å². The fourth-order valence-corrected chi connectivity index (χ4v) is 2.13. The van der Waals surface area contributed by atoms with E-state index in [4.69, 9.17) is 0 Å². The van der Waals surface area contributed by atoms with E-state index in [-0.39, 0.29) is 0 Å². The predicted molar refractivity (Wildman–Crippen MR) is 75.0 cm³/mol. The van der Waals surface area contributed by atoms with Crippen LogP contribution >= 0.6 is 15.9 Å². The van der Waals surface area contributed by atoms with Crippen molar-refractivity contribution < 1.29 is 0 Å². The molecule has 1 N–H and O–H groups in total. The Hall–Kier alpha value is -0.540. The monoisotopic (exact) mass is 284 g/mol. The summed E-state index contributed by atoms with van der Waals surface area (Å²) in [6.45, 7) is 7.69.